The van der Waals surface area contributed by atoms with Crippen molar-refractivity contribution in [2.45, 2.75) is 0 Å². The Balaban J connectivity index is -0.00000000500. The van der Waals surface area contributed by atoms with Crippen LogP contribution in [0.5, 0.6) is 0 Å². The molecule has 4 heavy (non-hydrogen) atoms. The van der Waals surface area contributed by atoms with Crippen LogP contribution in [-0.4, -0.2) is 90.7 Å². The van der Waals surface area contributed by atoms with Crippen molar-refractivity contribution in [3.8, 4) is 0 Å². The Labute approximate surface area is 88.6 Å². The average molecular weight is 229 g/mol. The molecule has 0 aromatic rings. The monoisotopic (exact) mass is 230 g/mol. The molecule has 4 heteroatoms. The third-order valence-electron chi connectivity index (χ3n) is 0. The number of hydrogen-bond donors (Lipinski definition) is 0. The van der Waals surface area contributed by atoms with Gasteiger partial charge in [-0.25, -0.2) is 0 Å². The normalized spacial score (nSPS) is 2.00. The molecule has 0 atom stereocenters. The van der Waals surface area contributed by atoms with Crippen LogP contribution in [0.1, 0.15) is 0 Å². The van der Waals surface area contributed by atoms with Gasteiger partial charge in [0.1, 0.15) is 0 Å². The first-order valence-corrected chi connectivity index (χ1v) is 9.00. The fraction of sp³-hybridized carbons (Fsp3) is 0. The molecule has 0 nitrogen and oxygen atoms in total. The first-order valence-electron chi connectivity index (χ1n) is 1.00. The maximum absolute atomic E-state index is 1.44. The summed E-state index contributed by atoms with van der Waals surface area (Å²) in [5.74, 6) is 0. The van der Waals surface area contributed by atoms with E-state index in [1.807, 2.05) is 0 Å². The molecule has 0 rings (SSSR count). The molecule has 0 aliphatic carbocycles. The van der Waals surface area contributed by atoms with Crippen molar-refractivity contribution in [3.63, 3.8) is 0 Å². The van der Waals surface area contributed by atoms with Gasteiger partial charge in [-0.1, -0.05) is 8.80 Å². The Morgan fingerprint density at radius 1 is 1.25 bits per heavy atom. The summed E-state index contributed by atoms with van der Waals surface area (Å²) in [6.45, 7) is 0. The minimum absolute atomic E-state index is 0. The average Bonchev–Trinajstić information content (AvgIpc) is 1.00. The van der Waals surface area contributed by atoms with Crippen LogP contribution in [0, 0.1) is 0 Å². The van der Waals surface area contributed by atoms with E-state index in [-0.39, 0.29) is 66.2 Å². The number of rotatable bonds is 0. The molecule has 0 aromatic heterocycles. The first-order chi connectivity index (χ1) is 1.00. The van der Waals surface area contributed by atoms with Crippen molar-refractivity contribution in [2.75, 3.05) is 0 Å². The predicted octanol–water partition coefficient (Wildman–Crippen LogP) is -4.20. The molecule has 0 radical (unpaired) electrons. The van der Waals surface area contributed by atoms with Gasteiger partial charge in [0.05, 0.1) is 0 Å². The molecule has 0 bridgehead atoms. The van der Waals surface area contributed by atoms with Crippen LogP contribution in [0.25, 0.3) is 0 Å². The molecule has 0 saturated carbocycles. The zero-order valence-corrected chi connectivity index (χ0v) is 6.00. The summed E-state index contributed by atoms with van der Waals surface area (Å²) < 4.78 is 0. The fourth-order valence-electron chi connectivity index (χ4n) is 0. The van der Waals surface area contributed by atoms with Gasteiger partial charge in [-0.15, -0.1) is 0 Å². The van der Waals surface area contributed by atoms with Gasteiger partial charge >= 0.3 is 48.9 Å². The van der Waals surface area contributed by atoms with Crippen LogP contribution >= 0.6 is 0 Å². The van der Waals surface area contributed by atoms with Crippen molar-refractivity contribution in [1.29, 1.82) is 0 Å². The first kappa shape index (κ1) is 15.8. The molecule has 0 spiro atoms. The molecule has 0 aliphatic rings. The van der Waals surface area contributed by atoms with Crippen molar-refractivity contribution < 1.29 is 0 Å². The molecule has 0 aromatic carbocycles. The molecule has 0 heterocycles. The van der Waals surface area contributed by atoms with E-state index in [1.54, 1.807) is 0 Å². The molecule has 0 fully saturated rings. The van der Waals surface area contributed by atoms with Crippen LogP contribution in [-0.2, 0) is 0 Å². The third kappa shape index (κ3) is 8.85. The summed E-state index contributed by atoms with van der Waals surface area (Å²) in [6, 6.07) is 0. The Morgan fingerprint density at radius 3 is 1.25 bits per heavy atom. The van der Waals surface area contributed by atoms with Crippen molar-refractivity contribution in [2.24, 2.45) is 0 Å². The van der Waals surface area contributed by atoms with Gasteiger partial charge in [0.25, 0.3) is 0 Å². The maximum atomic E-state index is 1.44. The quantitative estimate of drug-likeness (QED) is 0.370. The van der Waals surface area contributed by atoms with E-state index in [1.165, 1.54) is 24.4 Å². The van der Waals surface area contributed by atoms with E-state index in [4.69, 9.17) is 0 Å². The van der Waals surface area contributed by atoms with Crippen LogP contribution in [0.15, 0.2) is 0 Å². The van der Waals surface area contributed by atoms with Gasteiger partial charge < -0.3 is 0 Å². The Morgan fingerprint density at radius 2 is 1.25 bits per heavy atom. The van der Waals surface area contributed by atoms with Crippen LogP contribution in [0.2, 0.25) is 0 Å². The van der Waals surface area contributed by atoms with E-state index in [2.05, 4.69) is 0 Å². The fourth-order valence-corrected chi connectivity index (χ4v) is 0. The second-order valence-corrected chi connectivity index (χ2v) is 0. The zero-order valence-electron chi connectivity index (χ0n) is 2.00. The van der Waals surface area contributed by atoms with Gasteiger partial charge in [-0.05, 0) is 0 Å². The summed E-state index contributed by atoms with van der Waals surface area (Å²) in [4.78, 5) is 0. The van der Waals surface area contributed by atoms with Crippen LogP contribution in [0.4, 0.5) is 0 Å². The summed E-state index contributed by atoms with van der Waals surface area (Å²) in [6.07, 6.45) is 0. The Hall–Kier alpha value is 2.85. The summed E-state index contributed by atoms with van der Waals surface area (Å²) in [7, 11) is 1.44. The second kappa shape index (κ2) is 16.9. The molecule has 22 valence electrons. The molecule has 0 N–H and O–H groups in total. The van der Waals surface area contributed by atoms with Gasteiger partial charge in [0.15, 0.2) is 33.0 Å². The minimum atomic E-state index is 0. The van der Waals surface area contributed by atoms with E-state index in [9.17, 15) is 0 Å². The van der Waals surface area contributed by atoms with E-state index < -0.39 is 0 Å². The zero-order chi connectivity index (χ0) is 2.00. The SMILES string of the molecule is [AlH2][SiH3].[AlH3].[BaH2]. The molecule has 0 unspecified atom stereocenters. The summed E-state index contributed by atoms with van der Waals surface area (Å²) in [5, 5.41) is 0. The second-order valence-electron chi connectivity index (χ2n) is 0. The van der Waals surface area contributed by atoms with Gasteiger partial charge in [0.2, 0.25) is 0 Å². The van der Waals surface area contributed by atoms with E-state index in [0.29, 0.717) is 0 Å². The molecule has 0 saturated heterocycles. The topological polar surface area (TPSA) is 0 Å². The predicted molar refractivity (Wildman–Crippen MR) is 37.0 cm³/mol. The summed E-state index contributed by atoms with van der Waals surface area (Å²) >= 11 is 1.44. The van der Waals surface area contributed by atoms with Crippen molar-refractivity contribution in [1.82, 2.24) is 0 Å². The van der Waals surface area contributed by atoms with E-state index in [0.717, 1.165) is 0 Å². The Bertz CT molecular complexity index is 6.00. The van der Waals surface area contributed by atoms with Crippen molar-refractivity contribution in [3.05, 3.63) is 0 Å². The third-order valence-corrected chi connectivity index (χ3v) is 0. The van der Waals surface area contributed by atoms with Crippen LogP contribution in [0.3, 0.4) is 0 Å². The Kier molecular flexibility index (Phi) is 67.0. The van der Waals surface area contributed by atoms with Gasteiger partial charge in [-0.3, -0.25) is 0 Å². The molecule has 0 aliphatic heterocycles. The van der Waals surface area contributed by atoms with Crippen LogP contribution < -0.4 is 0 Å². The molecule has 0 amide bonds. The molecular weight excluding hydrogens is 219 g/mol. The summed E-state index contributed by atoms with van der Waals surface area (Å²) in [5.41, 5.74) is 0. The van der Waals surface area contributed by atoms with Gasteiger partial charge in [-0.2, -0.15) is 0 Å². The van der Waals surface area contributed by atoms with E-state index >= 15 is 0 Å². The molecular formula is H10Al2BaSi. The number of hydrogen-bond acceptors (Lipinski definition) is 0. The standard InChI is InChI=1S/2Al.Ba.H3Si.7H/h;;;1H3;;;;;;;. The van der Waals surface area contributed by atoms with Gasteiger partial charge in [0, 0.05) is 0 Å². The van der Waals surface area contributed by atoms with Crippen molar-refractivity contribution >= 4 is 90.7 Å².